The summed E-state index contributed by atoms with van der Waals surface area (Å²) in [4.78, 5) is 8.32. The van der Waals surface area contributed by atoms with Crippen LogP contribution in [0.4, 0.5) is 0 Å². The van der Waals surface area contributed by atoms with E-state index in [-0.39, 0.29) is 11.9 Å². The maximum atomic E-state index is 9.12. The fourth-order valence-corrected chi connectivity index (χ4v) is 3.54. The molecule has 1 saturated carbocycles. The SMILES string of the molecule is COc1ncc(-c2cc(C3CC3c3cccc(C#N)c3)c(Cl)nn2)c(OC)n1. The van der Waals surface area contributed by atoms with Gasteiger partial charge in [-0.25, -0.2) is 4.98 Å². The van der Waals surface area contributed by atoms with E-state index in [1.807, 2.05) is 24.3 Å². The summed E-state index contributed by atoms with van der Waals surface area (Å²) in [6.45, 7) is 0. The Labute approximate surface area is 166 Å². The Morgan fingerprint density at radius 2 is 2.00 bits per heavy atom. The summed E-state index contributed by atoms with van der Waals surface area (Å²) in [6, 6.07) is 12.0. The smallest absolute Gasteiger partial charge is 0.319 e. The van der Waals surface area contributed by atoms with Gasteiger partial charge >= 0.3 is 6.01 Å². The van der Waals surface area contributed by atoms with Gasteiger partial charge in [0.2, 0.25) is 5.88 Å². The van der Waals surface area contributed by atoms with Crippen LogP contribution in [0.15, 0.2) is 36.5 Å². The van der Waals surface area contributed by atoms with Gasteiger partial charge in [0, 0.05) is 6.20 Å². The van der Waals surface area contributed by atoms with E-state index in [2.05, 4.69) is 26.2 Å². The summed E-state index contributed by atoms with van der Waals surface area (Å²) in [5.74, 6) is 0.876. The maximum absolute atomic E-state index is 9.12. The molecule has 0 aliphatic heterocycles. The minimum atomic E-state index is 0.211. The Balaban J connectivity index is 1.67. The molecule has 0 radical (unpaired) electrons. The van der Waals surface area contributed by atoms with E-state index >= 15 is 0 Å². The molecule has 1 aromatic carbocycles. The van der Waals surface area contributed by atoms with E-state index in [9.17, 15) is 0 Å². The molecule has 2 atom stereocenters. The first-order chi connectivity index (χ1) is 13.6. The first-order valence-electron chi connectivity index (χ1n) is 8.63. The van der Waals surface area contributed by atoms with Crippen LogP contribution >= 0.6 is 11.6 Å². The summed E-state index contributed by atoms with van der Waals surface area (Å²) < 4.78 is 10.4. The van der Waals surface area contributed by atoms with Gasteiger partial charge in [-0.3, -0.25) is 0 Å². The van der Waals surface area contributed by atoms with Crippen molar-refractivity contribution in [3.8, 4) is 29.2 Å². The lowest BCUT2D eigenvalue weighted by Crippen LogP contribution is -2.00. The second-order valence-corrected chi connectivity index (χ2v) is 6.80. The molecule has 8 heteroatoms. The summed E-state index contributed by atoms with van der Waals surface area (Å²) in [6.07, 6.45) is 2.53. The first kappa shape index (κ1) is 18.1. The second kappa shape index (κ2) is 7.41. The zero-order valence-electron chi connectivity index (χ0n) is 15.3. The lowest BCUT2D eigenvalue weighted by Gasteiger charge is -2.09. The number of rotatable bonds is 5. The predicted octanol–water partition coefficient (Wildman–Crippen LogP) is 3.75. The minimum Gasteiger partial charge on any atom is -0.480 e. The van der Waals surface area contributed by atoms with Gasteiger partial charge in [0.1, 0.15) is 5.69 Å². The average molecular weight is 394 g/mol. The highest BCUT2D eigenvalue weighted by Crippen LogP contribution is 2.56. The predicted molar refractivity (Wildman–Crippen MR) is 102 cm³/mol. The molecular weight excluding hydrogens is 378 g/mol. The molecule has 7 nitrogen and oxygen atoms in total. The Morgan fingerprint density at radius 3 is 2.75 bits per heavy atom. The molecule has 0 bridgehead atoms. The number of methoxy groups -OCH3 is 2. The van der Waals surface area contributed by atoms with Gasteiger partial charge in [0.25, 0.3) is 0 Å². The highest BCUT2D eigenvalue weighted by atomic mass is 35.5. The molecule has 4 rings (SSSR count). The lowest BCUT2D eigenvalue weighted by atomic mass is 10.0. The van der Waals surface area contributed by atoms with Crippen molar-refractivity contribution >= 4 is 11.6 Å². The van der Waals surface area contributed by atoms with Crippen molar-refractivity contribution < 1.29 is 9.47 Å². The number of nitrogens with zero attached hydrogens (tertiary/aromatic N) is 5. The fourth-order valence-electron chi connectivity index (χ4n) is 3.31. The minimum absolute atomic E-state index is 0.211. The third kappa shape index (κ3) is 3.35. The molecule has 0 amide bonds. The van der Waals surface area contributed by atoms with Gasteiger partial charge in [0.05, 0.1) is 31.4 Å². The van der Waals surface area contributed by atoms with E-state index < -0.39 is 0 Å². The number of nitriles is 1. The van der Waals surface area contributed by atoms with Gasteiger partial charge in [0.15, 0.2) is 5.15 Å². The van der Waals surface area contributed by atoms with E-state index in [1.165, 1.54) is 14.2 Å². The van der Waals surface area contributed by atoms with Gasteiger partial charge in [-0.05, 0) is 47.6 Å². The fraction of sp³-hybridized carbons (Fsp3) is 0.250. The molecule has 2 unspecified atom stereocenters. The molecule has 0 saturated heterocycles. The molecule has 3 aromatic rings. The molecule has 1 fully saturated rings. The topological polar surface area (TPSA) is 93.8 Å². The molecule has 0 N–H and O–H groups in total. The van der Waals surface area contributed by atoms with E-state index in [1.54, 1.807) is 12.3 Å². The number of hydrogen-bond donors (Lipinski definition) is 0. The quantitative estimate of drug-likeness (QED) is 0.651. The van der Waals surface area contributed by atoms with Crippen LogP contribution in [0, 0.1) is 11.3 Å². The zero-order chi connectivity index (χ0) is 19.7. The molecule has 2 aromatic heterocycles. The van der Waals surface area contributed by atoms with Crippen molar-refractivity contribution in [2.75, 3.05) is 14.2 Å². The molecule has 0 spiro atoms. The Morgan fingerprint density at radius 1 is 1.14 bits per heavy atom. The van der Waals surface area contributed by atoms with Crippen LogP contribution in [-0.4, -0.2) is 34.4 Å². The van der Waals surface area contributed by atoms with Crippen LogP contribution in [0.1, 0.15) is 34.9 Å². The van der Waals surface area contributed by atoms with Crippen molar-refractivity contribution in [2.45, 2.75) is 18.3 Å². The highest BCUT2D eigenvalue weighted by Gasteiger charge is 2.41. The van der Waals surface area contributed by atoms with Crippen molar-refractivity contribution in [1.82, 2.24) is 20.2 Å². The largest absolute Gasteiger partial charge is 0.480 e. The molecule has 28 heavy (non-hydrogen) atoms. The molecule has 2 heterocycles. The Bertz CT molecular complexity index is 1080. The third-order valence-corrected chi connectivity index (χ3v) is 5.09. The lowest BCUT2D eigenvalue weighted by molar-refractivity contribution is 0.353. The third-order valence-electron chi connectivity index (χ3n) is 4.79. The number of aromatic nitrogens is 4. The summed E-state index contributed by atoms with van der Waals surface area (Å²) >= 11 is 6.34. The number of ether oxygens (including phenoxy) is 2. The number of hydrogen-bond acceptors (Lipinski definition) is 7. The average Bonchev–Trinajstić information content (AvgIpc) is 3.54. The van der Waals surface area contributed by atoms with Gasteiger partial charge in [-0.1, -0.05) is 23.7 Å². The van der Waals surface area contributed by atoms with Crippen LogP contribution in [0.3, 0.4) is 0 Å². The van der Waals surface area contributed by atoms with Crippen molar-refractivity contribution in [3.05, 3.63) is 58.4 Å². The van der Waals surface area contributed by atoms with Crippen LogP contribution in [0.25, 0.3) is 11.3 Å². The summed E-state index contributed by atoms with van der Waals surface area (Å²) in [7, 11) is 3.01. The highest BCUT2D eigenvalue weighted by molar-refractivity contribution is 6.30. The molecule has 140 valence electrons. The summed E-state index contributed by atoms with van der Waals surface area (Å²) in [5, 5.41) is 17.8. The van der Waals surface area contributed by atoms with Crippen molar-refractivity contribution in [1.29, 1.82) is 5.26 Å². The van der Waals surface area contributed by atoms with Gasteiger partial charge in [-0.15, -0.1) is 10.2 Å². The van der Waals surface area contributed by atoms with E-state index in [0.29, 0.717) is 33.8 Å². The summed E-state index contributed by atoms with van der Waals surface area (Å²) in [5.41, 5.74) is 3.89. The number of benzene rings is 1. The second-order valence-electron chi connectivity index (χ2n) is 6.44. The van der Waals surface area contributed by atoms with Crippen LogP contribution in [-0.2, 0) is 0 Å². The molecule has 1 aliphatic carbocycles. The zero-order valence-corrected chi connectivity index (χ0v) is 16.0. The monoisotopic (exact) mass is 393 g/mol. The normalized spacial score (nSPS) is 17.6. The van der Waals surface area contributed by atoms with E-state index in [0.717, 1.165) is 17.5 Å². The number of halogens is 1. The first-order valence-corrected chi connectivity index (χ1v) is 9.01. The van der Waals surface area contributed by atoms with Crippen LogP contribution in [0.2, 0.25) is 5.15 Å². The maximum Gasteiger partial charge on any atom is 0.319 e. The van der Waals surface area contributed by atoms with Gasteiger partial charge in [-0.2, -0.15) is 10.2 Å². The van der Waals surface area contributed by atoms with Crippen molar-refractivity contribution in [2.24, 2.45) is 0 Å². The van der Waals surface area contributed by atoms with E-state index in [4.69, 9.17) is 26.3 Å². The van der Waals surface area contributed by atoms with Gasteiger partial charge < -0.3 is 9.47 Å². The standard InChI is InChI=1S/C20H16ClN5O2/c1-27-19-16(10-23-20(24-19)28-2)17-8-15(18(21)26-25-17)14-7-13(14)12-5-3-4-11(6-12)9-22/h3-6,8,10,13-14H,7H2,1-2H3. The molecule has 1 aliphatic rings. The van der Waals surface area contributed by atoms with Crippen LogP contribution in [0.5, 0.6) is 11.9 Å². The Kier molecular flexibility index (Phi) is 4.80. The molecular formula is C20H16ClN5O2. The van der Waals surface area contributed by atoms with Crippen molar-refractivity contribution in [3.63, 3.8) is 0 Å². The van der Waals surface area contributed by atoms with Crippen LogP contribution < -0.4 is 9.47 Å². The Hall–Kier alpha value is -3.24.